The zero-order valence-corrected chi connectivity index (χ0v) is 14.9. The van der Waals surface area contributed by atoms with Crippen LogP contribution in [0.5, 0.6) is 5.75 Å². The Balaban J connectivity index is 1.91. The highest BCUT2D eigenvalue weighted by atomic mass is 35.5. The van der Waals surface area contributed by atoms with Crippen LogP contribution in [0.2, 0.25) is 5.02 Å². The Morgan fingerprint density at radius 2 is 1.83 bits per heavy atom. The summed E-state index contributed by atoms with van der Waals surface area (Å²) in [5, 5.41) is 12.6. The number of carboxylic acids is 1. The predicted octanol–water partition coefficient (Wildman–Crippen LogP) is 4.83. The summed E-state index contributed by atoms with van der Waals surface area (Å²) < 4.78 is 5.68. The Morgan fingerprint density at radius 1 is 1.17 bits per heavy atom. The third-order valence-corrected chi connectivity index (χ3v) is 3.95. The minimum atomic E-state index is -1.02. The number of benzene rings is 2. The summed E-state index contributed by atoms with van der Waals surface area (Å²) in [6.45, 7) is 7.34. The molecular weight excluding hydrogens is 326 g/mol. The predicted molar refractivity (Wildman–Crippen MR) is 97.5 cm³/mol. The number of hydrogen-bond donors (Lipinski definition) is 2. The maximum atomic E-state index is 11.2. The minimum absolute atomic E-state index is 0.109. The van der Waals surface area contributed by atoms with E-state index in [1.54, 1.807) is 12.1 Å². The van der Waals surface area contributed by atoms with Gasteiger partial charge in [-0.25, -0.2) is 4.79 Å². The van der Waals surface area contributed by atoms with Crippen molar-refractivity contribution >= 4 is 23.3 Å². The lowest BCUT2D eigenvalue weighted by Gasteiger charge is -2.19. The van der Waals surface area contributed by atoms with Crippen LogP contribution < -0.4 is 10.1 Å². The monoisotopic (exact) mass is 347 g/mol. The van der Waals surface area contributed by atoms with Crippen molar-refractivity contribution in [1.82, 2.24) is 0 Å². The average Bonchev–Trinajstić information content (AvgIpc) is 2.52. The molecule has 2 aromatic carbocycles. The standard InChI is InChI=1S/C19H22ClNO3/c1-19(2,3)13-7-9-14(10-8-13)24-12-11-21-17-15(18(22)23)5-4-6-16(17)20/h4-10,21H,11-12H2,1-3H3,(H,22,23). The van der Waals surface area contributed by atoms with Gasteiger partial charge in [-0.2, -0.15) is 0 Å². The molecule has 24 heavy (non-hydrogen) atoms. The molecule has 0 aliphatic heterocycles. The molecule has 2 rings (SSSR count). The lowest BCUT2D eigenvalue weighted by Crippen LogP contribution is -2.14. The molecule has 0 unspecified atom stereocenters. The molecule has 0 radical (unpaired) electrons. The van der Waals surface area contributed by atoms with Crippen molar-refractivity contribution in [3.05, 3.63) is 58.6 Å². The average molecular weight is 348 g/mol. The van der Waals surface area contributed by atoms with Crippen LogP contribution in [0.25, 0.3) is 0 Å². The van der Waals surface area contributed by atoms with E-state index in [1.807, 2.05) is 12.1 Å². The van der Waals surface area contributed by atoms with Gasteiger partial charge in [0.05, 0.1) is 16.3 Å². The fourth-order valence-corrected chi connectivity index (χ4v) is 2.52. The van der Waals surface area contributed by atoms with E-state index in [2.05, 4.69) is 38.2 Å². The highest BCUT2D eigenvalue weighted by Crippen LogP contribution is 2.26. The van der Waals surface area contributed by atoms with Crippen molar-refractivity contribution in [3.63, 3.8) is 0 Å². The highest BCUT2D eigenvalue weighted by Gasteiger charge is 2.14. The number of ether oxygens (including phenoxy) is 1. The van der Waals surface area contributed by atoms with Crippen LogP contribution in [0.1, 0.15) is 36.7 Å². The van der Waals surface area contributed by atoms with Gasteiger partial charge in [0.1, 0.15) is 12.4 Å². The summed E-state index contributed by atoms with van der Waals surface area (Å²) in [4.78, 5) is 11.2. The van der Waals surface area contributed by atoms with Crippen LogP contribution in [-0.4, -0.2) is 24.2 Å². The summed E-state index contributed by atoms with van der Waals surface area (Å²) in [5.74, 6) is -0.235. The Kier molecular flexibility index (Phi) is 5.73. The molecule has 0 aliphatic rings. The van der Waals surface area contributed by atoms with Crippen LogP contribution in [0, 0.1) is 0 Å². The van der Waals surface area contributed by atoms with Gasteiger partial charge in [-0.1, -0.05) is 50.6 Å². The highest BCUT2D eigenvalue weighted by molar-refractivity contribution is 6.34. The first-order valence-corrected chi connectivity index (χ1v) is 8.16. The minimum Gasteiger partial charge on any atom is -0.492 e. The second kappa shape index (κ2) is 7.58. The zero-order valence-electron chi connectivity index (χ0n) is 14.1. The lowest BCUT2D eigenvalue weighted by atomic mass is 9.87. The molecule has 0 aromatic heterocycles. The van der Waals surface area contributed by atoms with Crippen molar-refractivity contribution in [2.75, 3.05) is 18.5 Å². The smallest absolute Gasteiger partial charge is 0.337 e. The van der Waals surface area contributed by atoms with Crippen LogP contribution in [-0.2, 0) is 5.41 Å². The molecule has 0 fully saturated rings. The van der Waals surface area contributed by atoms with Gasteiger partial charge in [0.15, 0.2) is 0 Å². The summed E-state index contributed by atoms with van der Waals surface area (Å²) in [6.07, 6.45) is 0. The summed E-state index contributed by atoms with van der Waals surface area (Å²) in [5.41, 5.74) is 1.92. The lowest BCUT2D eigenvalue weighted by molar-refractivity contribution is 0.0698. The molecule has 0 aliphatic carbocycles. The summed E-state index contributed by atoms with van der Waals surface area (Å²) >= 11 is 6.06. The first kappa shape index (κ1) is 18.1. The van der Waals surface area contributed by atoms with E-state index in [9.17, 15) is 9.90 Å². The van der Waals surface area contributed by atoms with Gasteiger partial charge in [0.25, 0.3) is 0 Å². The fraction of sp³-hybridized carbons (Fsp3) is 0.316. The van der Waals surface area contributed by atoms with E-state index in [0.717, 1.165) is 5.75 Å². The molecule has 0 saturated heterocycles. The number of halogens is 1. The van der Waals surface area contributed by atoms with E-state index in [4.69, 9.17) is 16.3 Å². The molecular formula is C19H22ClNO3. The van der Waals surface area contributed by atoms with Crippen molar-refractivity contribution in [2.24, 2.45) is 0 Å². The van der Waals surface area contributed by atoms with E-state index >= 15 is 0 Å². The van der Waals surface area contributed by atoms with Gasteiger partial charge in [-0.3, -0.25) is 0 Å². The first-order valence-electron chi connectivity index (χ1n) is 7.78. The van der Waals surface area contributed by atoms with Crippen molar-refractivity contribution in [1.29, 1.82) is 0 Å². The van der Waals surface area contributed by atoms with Gasteiger partial charge in [-0.05, 0) is 35.2 Å². The number of nitrogens with one attached hydrogen (secondary N) is 1. The molecule has 0 atom stereocenters. The molecule has 0 amide bonds. The van der Waals surface area contributed by atoms with E-state index < -0.39 is 5.97 Å². The normalized spacial score (nSPS) is 11.2. The van der Waals surface area contributed by atoms with Crippen LogP contribution in [0.15, 0.2) is 42.5 Å². The fourth-order valence-electron chi connectivity index (χ4n) is 2.28. The number of carbonyl (C=O) groups is 1. The summed E-state index contributed by atoms with van der Waals surface area (Å²) in [7, 11) is 0. The van der Waals surface area contributed by atoms with E-state index in [0.29, 0.717) is 23.9 Å². The number of carboxylic acid groups (broad SMARTS) is 1. The van der Waals surface area contributed by atoms with Crippen LogP contribution >= 0.6 is 11.6 Å². The van der Waals surface area contributed by atoms with E-state index in [-0.39, 0.29) is 11.0 Å². The Bertz CT molecular complexity index is 706. The van der Waals surface area contributed by atoms with Gasteiger partial charge in [0.2, 0.25) is 0 Å². The molecule has 128 valence electrons. The molecule has 2 aromatic rings. The largest absolute Gasteiger partial charge is 0.492 e. The molecule has 0 saturated carbocycles. The number of rotatable bonds is 6. The number of para-hydroxylation sites is 1. The third kappa shape index (κ3) is 4.65. The molecule has 0 heterocycles. The Morgan fingerprint density at radius 3 is 2.42 bits per heavy atom. The molecule has 0 bridgehead atoms. The van der Waals surface area contributed by atoms with Crippen molar-refractivity contribution in [3.8, 4) is 5.75 Å². The topological polar surface area (TPSA) is 58.6 Å². The van der Waals surface area contributed by atoms with Crippen LogP contribution in [0.3, 0.4) is 0 Å². The van der Waals surface area contributed by atoms with Gasteiger partial charge < -0.3 is 15.2 Å². The maximum absolute atomic E-state index is 11.2. The van der Waals surface area contributed by atoms with Crippen molar-refractivity contribution in [2.45, 2.75) is 26.2 Å². The molecule has 4 nitrogen and oxygen atoms in total. The van der Waals surface area contributed by atoms with Gasteiger partial charge >= 0.3 is 5.97 Å². The SMILES string of the molecule is CC(C)(C)c1ccc(OCCNc2c(Cl)cccc2C(=O)O)cc1. The second-order valence-corrected chi connectivity index (χ2v) is 6.92. The van der Waals surface area contributed by atoms with Gasteiger partial charge in [0, 0.05) is 6.54 Å². The van der Waals surface area contributed by atoms with Crippen molar-refractivity contribution < 1.29 is 14.6 Å². The number of hydrogen-bond acceptors (Lipinski definition) is 3. The molecule has 0 spiro atoms. The van der Waals surface area contributed by atoms with Crippen LogP contribution in [0.4, 0.5) is 5.69 Å². The second-order valence-electron chi connectivity index (χ2n) is 6.52. The summed E-state index contributed by atoms with van der Waals surface area (Å²) in [6, 6.07) is 12.8. The number of aromatic carboxylic acids is 1. The first-order chi connectivity index (χ1) is 11.3. The Hall–Kier alpha value is -2.20. The molecule has 5 heteroatoms. The third-order valence-electron chi connectivity index (χ3n) is 3.64. The quantitative estimate of drug-likeness (QED) is 0.735. The molecule has 2 N–H and O–H groups in total. The zero-order chi connectivity index (χ0) is 17.7. The number of anilines is 1. The van der Waals surface area contributed by atoms with E-state index in [1.165, 1.54) is 11.6 Å². The van der Waals surface area contributed by atoms with Gasteiger partial charge in [-0.15, -0.1) is 0 Å². The Labute approximate surface area is 147 Å². The maximum Gasteiger partial charge on any atom is 0.337 e.